The zero-order chi connectivity index (χ0) is 15.1. The number of ether oxygens (including phenoxy) is 2. The molecule has 2 unspecified atom stereocenters. The standard InChI is InChI=1S/C18H24O3/c1-13(2)20-16(19)18-12-6-4-5-11-17(18,21-18)15-9-7-14(3)8-10-15/h7-10,13H,4-6,11-12H2,1-3H3. The summed E-state index contributed by atoms with van der Waals surface area (Å²) in [5.74, 6) is -0.181. The number of carbonyl (C=O) groups is 1. The molecule has 2 aliphatic rings. The Morgan fingerprint density at radius 1 is 1.14 bits per heavy atom. The number of hydrogen-bond donors (Lipinski definition) is 0. The van der Waals surface area contributed by atoms with Crippen molar-refractivity contribution in [2.24, 2.45) is 0 Å². The number of carbonyl (C=O) groups excluding carboxylic acids is 1. The predicted molar refractivity (Wildman–Crippen MR) is 81.0 cm³/mol. The van der Waals surface area contributed by atoms with E-state index in [9.17, 15) is 4.79 Å². The lowest BCUT2D eigenvalue weighted by molar-refractivity contribution is -0.154. The van der Waals surface area contributed by atoms with E-state index in [4.69, 9.17) is 9.47 Å². The molecule has 0 N–H and O–H groups in total. The maximum Gasteiger partial charge on any atom is 0.342 e. The Labute approximate surface area is 126 Å². The fraction of sp³-hybridized carbons (Fsp3) is 0.611. The van der Waals surface area contributed by atoms with E-state index in [1.54, 1.807) is 0 Å². The third-order valence-electron chi connectivity index (χ3n) is 4.71. The zero-order valence-corrected chi connectivity index (χ0v) is 13.1. The van der Waals surface area contributed by atoms with Crippen LogP contribution in [0.3, 0.4) is 0 Å². The van der Waals surface area contributed by atoms with Crippen LogP contribution in [0.25, 0.3) is 0 Å². The molecule has 1 aromatic carbocycles. The molecule has 0 amide bonds. The van der Waals surface area contributed by atoms with Gasteiger partial charge in [0.1, 0.15) is 5.60 Å². The lowest BCUT2D eigenvalue weighted by Crippen LogP contribution is -2.35. The molecule has 1 aromatic rings. The molecule has 0 radical (unpaired) electrons. The molecule has 1 saturated carbocycles. The molecule has 3 nitrogen and oxygen atoms in total. The predicted octanol–water partition coefficient (Wildman–Crippen LogP) is 3.88. The molecule has 1 aliphatic carbocycles. The van der Waals surface area contributed by atoms with Gasteiger partial charge in [-0.15, -0.1) is 0 Å². The average Bonchev–Trinajstić information content (AvgIpc) is 3.10. The largest absolute Gasteiger partial charge is 0.461 e. The van der Waals surface area contributed by atoms with Crippen molar-refractivity contribution in [3.63, 3.8) is 0 Å². The van der Waals surface area contributed by atoms with Gasteiger partial charge in [-0.25, -0.2) is 4.79 Å². The van der Waals surface area contributed by atoms with Crippen molar-refractivity contribution in [3.05, 3.63) is 35.4 Å². The molecule has 1 saturated heterocycles. The summed E-state index contributed by atoms with van der Waals surface area (Å²) in [6.45, 7) is 5.85. The van der Waals surface area contributed by atoms with Crippen molar-refractivity contribution < 1.29 is 14.3 Å². The number of rotatable bonds is 3. The van der Waals surface area contributed by atoms with Crippen LogP contribution < -0.4 is 0 Å². The first-order chi connectivity index (χ1) is 10.0. The van der Waals surface area contributed by atoms with Gasteiger partial charge in [0.05, 0.1) is 6.10 Å². The van der Waals surface area contributed by atoms with Crippen LogP contribution in [0.5, 0.6) is 0 Å². The van der Waals surface area contributed by atoms with Gasteiger partial charge in [-0.3, -0.25) is 0 Å². The summed E-state index contributed by atoms with van der Waals surface area (Å²) in [5.41, 5.74) is 1.14. The minimum absolute atomic E-state index is 0.102. The summed E-state index contributed by atoms with van der Waals surface area (Å²) in [6, 6.07) is 8.39. The van der Waals surface area contributed by atoms with E-state index in [2.05, 4.69) is 31.2 Å². The quantitative estimate of drug-likeness (QED) is 0.626. The number of aryl methyl sites for hydroxylation is 1. The van der Waals surface area contributed by atoms with Gasteiger partial charge in [-0.05, 0) is 45.6 Å². The summed E-state index contributed by atoms with van der Waals surface area (Å²) in [7, 11) is 0. The van der Waals surface area contributed by atoms with Crippen LogP contribution in [0.2, 0.25) is 0 Å². The third-order valence-corrected chi connectivity index (χ3v) is 4.71. The van der Waals surface area contributed by atoms with Crippen molar-refractivity contribution in [1.29, 1.82) is 0 Å². The van der Waals surface area contributed by atoms with Crippen molar-refractivity contribution in [1.82, 2.24) is 0 Å². The Kier molecular flexibility index (Phi) is 3.56. The first-order valence-corrected chi connectivity index (χ1v) is 7.99. The summed E-state index contributed by atoms with van der Waals surface area (Å²) < 4.78 is 11.6. The normalized spacial score (nSPS) is 31.4. The van der Waals surface area contributed by atoms with Gasteiger partial charge in [0.2, 0.25) is 0 Å². The van der Waals surface area contributed by atoms with Crippen LogP contribution in [-0.4, -0.2) is 17.7 Å². The van der Waals surface area contributed by atoms with Gasteiger partial charge in [0.15, 0.2) is 5.60 Å². The molecule has 2 atom stereocenters. The highest BCUT2D eigenvalue weighted by Gasteiger charge is 2.75. The van der Waals surface area contributed by atoms with Crippen molar-refractivity contribution in [2.75, 3.05) is 0 Å². The Morgan fingerprint density at radius 2 is 1.81 bits per heavy atom. The first kappa shape index (κ1) is 14.6. The molecule has 2 fully saturated rings. The van der Waals surface area contributed by atoms with Gasteiger partial charge < -0.3 is 9.47 Å². The second-order valence-corrected chi connectivity index (χ2v) is 6.64. The zero-order valence-electron chi connectivity index (χ0n) is 13.1. The molecule has 21 heavy (non-hydrogen) atoms. The highest BCUT2D eigenvalue weighted by atomic mass is 16.7. The summed E-state index contributed by atoms with van der Waals surface area (Å²) in [5, 5.41) is 0. The van der Waals surface area contributed by atoms with Gasteiger partial charge in [-0.1, -0.05) is 42.7 Å². The average molecular weight is 288 g/mol. The fourth-order valence-corrected chi connectivity index (χ4v) is 3.58. The minimum atomic E-state index is -0.747. The van der Waals surface area contributed by atoms with Crippen molar-refractivity contribution in [3.8, 4) is 0 Å². The monoisotopic (exact) mass is 288 g/mol. The van der Waals surface area contributed by atoms with Crippen LogP contribution in [-0.2, 0) is 19.9 Å². The van der Waals surface area contributed by atoms with E-state index < -0.39 is 11.2 Å². The van der Waals surface area contributed by atoms with Crippen molar-refractivity contribution in [2.45, 2.75) is 70.2 Å². The number of benzene rings is 1. The summed E-state index contributed by atoms with van der Waals surface area (Å²) in [4.78, 5) is 12.6. The molecule has 3 heteroatoms. The van der Waals surface area contributed by atoms with E-state index in [0.717, 1.165) is 37.7 Å². The third kappa shape index (κ3) is 2.28. The first-order valence-electron chi connectivity index (χ1n) is 7.99. The SMILES string of the molecule is Cc1ccc(C23CCCCCC2(C(=O)OC(C)C)O3)cc1. The highest BCUT2D eigenvalue weighted by Crippen LogP contribution is 2.63. The molecular weight excluding hydrogens is 264 g/mol. The van der Waals surface area contributed by atoms with E-state index >= 15 is 0 Å². The van der Waals surface area contributed by atoms with Gasteiger partial charge in [-0.2, -0.15) is 0 Å². The van der Waals surface area contributed by atoms with Crippen molar-refractivity contribution >= 4 is 5.97 Å². The van der Waals surface area contributed by atoms with E-state index in [-0.39, 0.29) is 12.1 Å². The molecule has 114 valence electrons. The maximum atomic E-state index is 12.6. The Bertz CT molecular complexity index is 534. The van der Waals surface area contributed by atoms with Crippen LogP contribution in [0.15, 0.2) is 24.3 Å². The fourth-order valence-electron chi connectivity index (χ4n) is 3.58. The topological polar surface area (TPSA) is 38.8 Å². The van der Waals surface area contributed by atoms with Crippen LogP contribution >= 0.6 is 0 Å². The number of epoxide rings is 1. The van der Waals surface area contributed by atoms with Crippen LogP contribution in [0, 0.1) is 6.92 Å². The Balaban J connectivity index is 1.95. The van der Waals surface area contributed by atoms with Gasteiger partial charge >= 0.3 is 5.97 Å². The van der Waals surface area contributed by atoms with Gasteiger partial charge in [0.25, 0.3) is 0 Å². The lowest BCUT2D eigenvalue weighted by atomic mass is 9.82. The van der Waals surface area contributed by atoms with Crippen LogP contribution in [0.4, 0.5) is 0 Å². The van der Waals surface area contributed by atoms with Gasteiger partial charge in [0, 0.05) is 0 Å². The molecule has 1 heterocycles. The molecule has 0 aromatic heterocycles. The minimum Gasteiger partial charge on any atom is -0.461 e. The highest BCUT2D eigenvalue weighted by molar-refractivity contribution is 5.85. The molecule has 3 rings (SSSR count). The maximum absolute atomic E-state index is 12.6. The van der Waals surface area contributed by atoms with E-state index in [1.165, 1.54) is 5.56 Å². The Hall–Kier alpha value is -1.35. The lowest BCUT2D eigenvalue weighted by Gasteiger charge is -2.18. The van der Waals surface area contributed by atoms with Crippen LogP contribution in [0.1, 0.15) is 57.1 Å². The number of fused-ring (bicyclic) bond motifs is 1. The summed E-state index contributed by atoms with van der Waals surface area (Å²) >= 11 is 0. The second-order valence-electron chi connectivity index (χ2n) is 6.64. The smallest absolute Gasteiger partial charge is 0.342 e. The number of hydrogen-bond acceptors (Lipinski definition) is 3. The summed E-state index contributed by atoms with van der Waals surface area (Å²) in [6.07, 6.45) is 4.87. The molecule has 0 bridgehead atoms. The van der Waals surface area contributed by atoms with E-state index in [0.29, 0.717) is 0 Å². The second kappa shape index (κ2) is 5.13. The molecule has 1 aliphatic heterocycles. The number of esters is 1. The van der Waals surface area contributed by atoms with E-state index in [1.807, 2.05) is 13.8 Å². The Morgan fingerprint density at radius 3 is 2.48 bits per heavy atom. The molecule has 0 spiro atoms. The molecular formula is C18H24O3.